The number of hydrogen-bond donors (Lipinski definition) is 2. The third-order valence-electron chi connectivity index (χ3n) is 6.43. The van der Waals surface area contributed by atoms with Gasteiger partial charge in [0.1, 0.15) is 0 Å². The lowest BCUT2D eigenvalue weighted by molar-refractivity contribution is -0.137. The van der Waals surface area contributed by atoms with Gasteiger partial charge in [-0.25, -0.2) is 4.79 Å². The number of hydrogen-bond acceptors (Lipinski definition) is 3. The molecule has 2 aromatic rings. The fourth-order valence-corrected chi connectivity index (χ4v) is 4.90. The van der Waals surface area contributed by atoms with Crippen molar-refractivity contribution in [1.82, 2.24) is 4.90 Å². The molecule has 0 unspecified atom stereocenters. The topological polar surface area (TPSA) is 47.6 Å². The minimum absolute atomic E-state index is 0.102. The van der Waals surface area contributed by atoms with E-state index in [2.05, 4.69) is 15.5 Å². The first kappa shape index (κ1) is 23.7. The maximum atomic E-state index is 13.6. The molecule has 5 nitrogen and oxygen atoms in total. The molecule has 2 saturated heterocycles. The number of nitrogens with zero attached hydrogens (tertiary/aromatic N) is 2. The van der Waals surface area contributed by atoms with Crippen LogP contribution in [0.2, 0.25) is 5.02 Å². The number of halogens is 4. The number of piperidine rings is 1. The lowest BCUT2D eigenvalue weighted by Crippen LogP contribution is -2.43. The van der Waals surface area contributed by atoms with E-state index < -0.39 is 17.8 Å². The van der Waals surface area contributed by atoms with Gasteiger partial charge in [-0.05, 0) is 87.7 Å². The van der Waals surface area contributed by atoms with Gasteiger partial charge in [0.25, 0.3) is 0 Å². The predicted molar refractivity (Wildman–Crippen MR) is 126 cm³/mol. The molecule has 0 aromatic heterocycles. The first-order valence-electron chi connectivity index (χ1n) is 11.2. The van der Waals surface area contributed by atoms with Gasteiger partial charge in [0, 0.05) is 41.2 Å². The van der Waals surface area contributed by atoms with Gasteiger partial charge in [0.2, 0.25) is 0 Å². The minimum atomic E-state index is -4.51. The summed E-state index contributed by atoms with van der Waals surface area (Å²) in [6, 6.07) is 8.62. The summed E-state index contributed by atoms with van der Waals surface area (Å²) in [6.45, 7) is 5.40. The van der Waals surface area contributed by atoms with Crippen LogP contribution in [0.4, 0.5) is 35.0 Å². The molecule has 2 N–H and O–H groups in total. The van der Waals surface area contributed by atoms with Crippen LogP contribution in [0.1, 0.15) is 36.8 Å². The van der Waals surface area contributed by atoms with E-state index in [-0.39, 0.29) is 5.69 Å². The maximum absolute atomic E-state index is 13.6. The molecule has 0 atom stereocenters. The second-order valence-electron chi connectivity index (χ2n) is 8.77. The number of benzene rings is 2. The van der Waals surface area contributed by atoms with E-state index >= 15 is 0 Å². The number of likely N-dealkylation sites (tertiary alicyclic amines) is 1. The monoisotopic (exact) mass is 480 g/mol. The fourth-order valence-electron chi connectivity index (χ4n) is 4.68. The quantitative estimate of drug-likeness (QED) is 0.534. The van der Waals surface area contributed by atoms with Crippen LogP contribution in [0, 0.1) is 6.92 Å². The second-order valence-corrected chi connectivity index (χ2v) is 9.20. The molecule has 0 aliphatic carbocycles. The van der Waals surface area contributed by atoms with Crippen molar-refractivity contribution in [3.8, 4) is 0 Å². The molecule has 2 aliphatic heterocycles. The summed E-state index contributed by atoms with van der Waals surface area (Å²) in [7, 11) is 0. The van der Waals surface area contributed by atoms with Crippen molar-refractivity contribution in [2.45, 2.75) is 44.8 Å². The van der Waals surface area contributed by atoms with Crippen molar-refractivity contribution in [1.29, 1.82) is 0 Å². The summed E-state index contributed by atoms with van der Waals surface area (Å²) in [4.78, 5) is 17.0. The van der Waals surface area contributed by atoms with Gasteiger partial charge in [-0.2, -0.15) is 13.2 Å². The Morgan fingerprint density at radius 3 is 2.33 bits per heavy atom. The highest BCUT2D eigenvalue weighted by atomic mass is 35.5. The number of alkyl halides is 3. The van der Waals surface area contributed by atoms with Crippen LogP contribution in [0.3, 0.4) is 0 Å². The van der Waals surface area contributed by atoms with Crippen LogP contribution in [0.25, 0.3) is 0 Å². The zero-order valence-corrected chi connectivity index (χ0v) is 19.3. The maximum Gasteiger partial charge on any atom is 0.416 e. The third kappa shape index (κ3) is 5.92. The highest BCUT2D eigenvalue weighted by Gasteiger charge is 2.33. The van der Waals surface area contributed by atoms with Crippen LogP contribution in [0.15, 0.2) is 36.4 Å². The predicted octanol–water partition coefficient (Wildman–Crippen LogP) is 6.38. The molecule has 0 bridgehead atoms. The number of carbonyl (C=O) groups excluding carboxylic acids is 1. The number of carbonyl (C=O) groups is 1. The van der Waals surface area contributed by atoms with E-state index in [0.29, 0.717) is 35.5 Å². The van der Waals surface area contributed by atoms with Gasteiger partial charge in [-0.1, -0.05) is 11.6 Å². The molecule has 2 aliphatic rings. The van der Waals surface area contributed by atoms with Crippen LogP contribution in [-0.2, 0) is 6.18 Å². The SMILES string of the molecule is Cc1cc(Cl)ccc1NC(=O)Nc1cc(N2CCC(N3CCCC3)CC2)cc(C(F)(F)F)c1. The number of aryl methyl sites for hydroxylation is 1. The highest BCUT2D eigenvalue weighted by Crippen LogP contribution is 2.36. The number of nitrogens with one attached hydrogen (secondary N) is 2. The van der Waals surface area contributed by atoms with Crippen LogP contribution < -0.4 is 15.5 Å². The summed E-state index contributed by atoms with van der Waals surface area (Å²) in [5, 5.41) is 5.77. The molecule has 2 amide bonds. The molecule has 4 rings (SSSR count). The van der Waals surface area contributed by atoms with E-state index in [4.69, 9.17) is 11.6 Å². The Morgan fingerprint density at radius 1 is 1.00 bits per heavy atom. The Hall–Kier alpha value is -2.45. The van der Waals surface area contributed by atoms with E-state index in [1.54, 1.807) is 31.2 Å². The number of amides is 2. The zero-order chi connectivity index (χ0) is 23.6. The Morgan fingerprint density at radius 2 is 1.70 bits per heavy atom. The molecular weight excluding hydrogens is 453 g/mol. The molecule has 2 heterocycles. The summed E-state index contributed by atoms with van der Waals surface area (Å²) < 4.78 is 40.8. The van der Waals surface area contributed by atoms with Crippen LogP contribution >= 0.6 is 11.6 Å². The largest absolute Gasteiger partial charge is 0.416 e. The average Bonchev–Trinajstić information content (AvgIpc) is 3.30. The molecule has 2 fully saturated rings. The van der Waals surface area contributed by atoms with Gasteiger partial charge < -0.3 is 20.4 Å². The lowest BCUT2D eigenvalue weighted by atomic mass is 10.0. The zero-order valence-electron chi connectivity index (χ0n) is 18.5. The van der Waals surface area contributed by atoms with Crippen molar-refractivity contribution in [2.75, 3.05) is 41.7 Å². The Labute approximate surface area is 196 Å². The van der Waals surface area contributed by atoms with Crippen molar-refractivity contribution in [3.05, 3.63) is 52.5 Å². The summed E-state index contributed by atoms with van der Waals surface area (Å²) in [5.41, 5.74) is 1.09. The van der Waals surface area contributed by atoms with Crippen LogP contribution in [-0.4, -0.2) is 43.2 Å². The van der Waals surface area contributed by atoms with Gasteiger partial charge in [-0.15, -0.1) is 0 Å². The van der Waals surface area contributed by atoms with Gasteiger partial charge in [-0.3, -0.25) is 0 Å². The summed E-state index contributed by atoms with van der Waals surface area (Å²) >= 11 is 5.94. The fraction of sp³-hybridized carbons (Fsp3) is 0.458. The molecule has 33 heavy (non-hydrogen) atoms. The van der Waals surface area contributed by atoms with Gasteiger partial charge in [0.05, 0.1) is 5.56 Å². The number of rotatable bonds is 4. The normalized spacial score (nSPS) is 17.9. The van der Waals surface area contributed by atoms with E-state index in [0.717, 1.165) is 37.6 Å². The van der Waals surface area contributed by atoms with Crippen LogP contribution in [0.5, 0.6) is 0 Å². The van der Waals surface area contributed by atoms with Gasteiger partial charge >= 0.3 is 12.2 Å². The molecule has 178 valence electrons. The highest BCUT2D eigenvalue weighted by molar-refractivity contribution is 6.30. The van der Waals surface area contributed by atoms with Crippen molar-refractivity contribution in [3.63, 3.8) is 0 Å². The Balaban J connectivity index is 1.48. The first-order valence-corrected chi connectivity index (χ1v) is 11.6. The lowest BCUT2D eigenvalue weighted by Gasteiger charge is -2.38. The van der Waals surface area contributed by atoms with Gasteiger partial charge in [0.15, 0.2) is 0 Å². The van der Waals surface area contributed by atoms with E-state index in [9.17, 15) is 18.0 Å². The molecular formula is C24H28ClF3N4O. The van der Waals surface area contributed by atoms with E-state index in [1.165, 1.54) is 18.9 Å². The average molecular weight is 481 g/mol. The van der Waals surface area contributed by atoms with Crippen molar-refractivity contribution < 1.29 is 18.0 Å². The molecule has 2 aromatic carbocycles. The minimum Gasteiger partial charge on any atom is -0.371 e. The summed E-state index contributed by atoms with van der Waals surface area (Å²) in [6.07, 6.45) is -0.213. The standard InChI is InChI=1S/C24H28ClF3N4O/c1-16-12-18(25)4-5-22(16)30-23(33)29-19-13-17(24(26,27)28)14-21(15-19)32-10-6-20(7-11-32)31-8-2-3-9-31/h4-5,12-15,20H,2-3,6-11H2,1H3,(H2,29,30,33). The third-order valence-corrected chi connectivity index (χ3v) is 6.66. The molecule has 9 heteroatoms. The van der Waals surface area contributed by atoms with E-state index in [1.807, 2.05) is 4.90 Å². The first-order chi connectivity index (χ1) is 15.7. The molecule has 0 spiro atoms. The smallest absolute Gasteiger partial charge is 0.371 e. The second kappa shape index (κ2) is 9.81. The Bertz CT molecular complexity index is 1000. The molecule has 0 saturated carbocycles. The Kier molecular flexibility index (Phi) is 7.05. The van der Waals surface area contributed by atoms with Crippen molar-refractivity contribution >= 4 is 34.7 Å². The number of urea groups is 1. The summed E-state index contributed by atoms with van der Waals surface area (Å²) in [5.74, 6) is 0. The van der Waals surface area contributed by atoms with Crippen molar-refractivity contribution in [2.24, 2.45) is 0 Å². The molecule has 0 radical (unpaired) electrons. The number of anilines is 3.